The molecule has 2 aromatic carbocycles. The van der Waals surface area contributed by atoms with E-state index in [1.807, 2.05) is 60.7 Å². The van der Waals surface area contributed by atoms with E-state index in [0.717, 1.165) is 17.7 Å². The van der Waals surface area contributed by atoms with Gasteiger partial charge in [-0.05, 0) is 60.6 Å². The number of methoxy groups -OCH3 is 2. The molecule has 170 valence electrons. The number of rotatable bonds is 10. The van der Waals surface area contributed by atoms with Crippen LogP contribution in [-0.2, 0) is 16.0 Å². The van der Waals surface area contributed by atoms with Crippen molar-refractivity contribution in [2.45, 2.75) is 51.0 Å². The Morgan fingerprint density at radius 3 is 2.34 bits per heavy atom. The lowest BCUT2D eigenvalue weighted by atomic mass is 9.85. The third kappa shape index (κ3) is 6.00. The SMILES string of the molecule is CCCCCc1ccc(C(=O)N[C@@H]2C=C[C@H]([C@H](C(=O)OC)c3ccc(OC)cc3)C2)cc1. The number of allylic oxidation sites excluding steroid dienone is 1. The zero-order valence-electron chi connectivity index (χ0n) is 19.2. The molecule has 32 heavy (non-hydrogen) atoms. The molecular formula is C27H33NO4. The van der Waals surface area contributed by atoms with Crippen molar-refractivity contribution < 1.29 is 19.1 Å². The van der Waals surface area contributed by atoms with Gasteiger partial charge in [-0.2, -0.15) is 0 Å². The normalized spacial score (nSPS) is 18.2. The van der Waals surface area contributed by atoms with Crippen LogP contribution in [0.3, 0.4) is 0 Å². The summed E-state index contributed by atoms with van der Waals surface area (Å²) in [7, 11) is 3.02. The van der Waals surface area contributed by atoms with E-state index < -0.39 is 5.92 Å². The summed E-state index contributed by atoms with van der Waals surface area (Å²) in [4.78, 5) is 25.3. The van der Waals surface area contributed by atoms with E-state index in [-0.39, 0.29) is 23.8 Å². The van der Waals surface area contributed by atoms with Crippen LogP contribution >= 0.6 is 0 Å². The number of carbonyl (C=O) groups is 2. The molecule has 0 saturated carbocycles. The number of carbonyl (C=O) groups excluding carboxylic acids is 2. The quantitative estimate of drug-likeness (QED) is 0.322. The summed E-state index contributed by atoms with van der Waals surface area (Å²) in [6.07, 6.45) is 9.27. The molecule has 3 atom stereocenters. The molecule has 5 nitrogen and oxygen atoms in total. The first-order valence-corrected chi connectivity index (χ1v) is 11.4. The topological polar surface area (TPSA) is 64.6 Å². The number of nitrogens with one attached hydrogen (secondary N) is 1. The molecule has 0 aromatic heterocycles. The molecule has 0 fully saturated rings. The van der Waals surface area contributed by atoms with Crippen LogP contribution in [0.25, 0.3) is 0 Å². The van der Waals surface area contributed by atoms with Gasteiger partial charge < -0.3 is 14.8 Å². The van der Waals surface area contributed by atoms with E-state index in [9.17, 15) is 9.59 Å². The van der Waals surface area contributed by atoms with E-state index in [1.54, 1.807) is 7.11 Å². The van der Waals surface area contributed by atoms with Crippen LogP contribution < -0.4 is 10.1 Å². The molecule has 0 saturated heterocycles. The summed E-state index contributed by atoms with van der Waals surface area (Å²) in [5, 5.41) is 3.08. The van der Waals surface area contributed by atoms with E-state index in [2.05, 4.69) is 12.2 Å². The van der Waals surface area contributed by atoms with Crippen LogP contribution in [0.2, 0.25) is 0 Å². The Morgan fingerprint density at radius 1 is 1.00 bits per heavy atom. The minimum Gasteiger partial charge on any atom is -0.497 e. The maximum absolute atomic E-state index is 12.7. The van der Waals surface area contributed by atoms with Crippen molar-refractivity contribution in [3.05, 3.63) is 77.4 Å². The summed E-state index contributed by atoms with van der Waals surface area (Å²) in [5.74, 6) is -0.121. The van der Waals surface area contributed by atoms with Crippen LogP contribution in [0, 0.1) is 5.92 Å². The highest BCUT2D eigenvalue weighted by Crippen LogP contribution is 2.35. The van der Waals surface area contributed by atoms with Crippen molar-refractivity contribution in [3.8, 4) is 5.75 Å². The second-order valence-electron chi connectivity index (χ2n) is 8.29. The van der Waals surface area contributed by atoms with Gasteiger partial charge in [0.1, 0.15) is 5.75 Å². The number of hydrogen-bond acceptors (Lipinski definition) is 4. The zero-order valence-corrected chi connectivity index (χ0v) is 19.2. The maximum Gasteiger partial charge on any atom is 0.313 e. The Balaban J connectivity index is 1.61. The third-order valence-corrected chi connectivity index (χ3v) is 6.08. The molecule has 3 rings (SSSR count). The summed E-state index contributed by atoms with van der Waals surface area (Å²) >= 11 is 0. The van der Waals surface area contributed by atoms with E-state index in [1.165, 1.54) is 31.9 Å². The maximum atomic E-state index is 12.7. The van der Waals surface area contributed by atoms with Gasteiger partial charge in [0.25, 0.3) is 5.91 Å². The van der Waals surface area contributed by atoms with Gasteiger partial charge in [-0.15, -0.1) is 0 Å². The predicted molar refractivity (Wildman–Crippen MR) is 126 cm³/mol. The van der Waals surface area contributed by atoms with Crippen LogP contribution in [0.4, 0.5) is 0 Å². The number of hydrogen-bond donors (Lipinski definition) is 1. The Hall–Kier alpha value is -3.08. The first-order chi connectivity index (χ1) is 15.5. The Bertz CT molecular complexity index is 918. The van der Waals surface area contributed by atoms with Crippen molar-refractivity contribution in [2.24, 2.45) is 5.92 Å². The van der Waals surface area contributed by atoms with Crippen molar-refractivity contribution in [1.29, 1.82) is 0 Å². The lowest BCUT2D eigenvalue weighted by Crippen LogP contribution is -2.33. The second kappa shape index (κ2) is 11.5. The lowest BCUT2D eigenvalue weighted by molar-refractivity contribution is -0.143. The Morgan fingerprint density at radius 2 is 1.72 bits per heavy atom. The summed E-state index contributed by atoms with van der Waals surface area (Å²) in [5.41, 5.74) is 2.79. The van der Waals surface area contributed by atoms with Crippen molar-refractivity contribution in [2.75, 3.05) is 14.2 Å². The van der Waals surface area contributed by atoms with Gasteiger partial charge in [-0.1, -0.05) is 56.2 Å². The second-order valence-corrected chi connectivity index (χ2v) is 8.29. The molecule has 0 unspecified atom stereocenters. The monoisotopic (exact) mass is 435 g/mol. The Labute approximate surface area is 190 Å². The van der Waals surface area contributed by atoms with Gasteiger partial charge in [-0.3, -0.25) is 9.59 Å². The number of esters is 1. The predicted octanol–water partition coefficient (Wildman–Crippen LogP) is 5.06. The summed E-state index contributed by atoms with van der Waals surface area (Å²) < 4.78 is 10.3. The molecule has 0 spiro atoms. The zero-order chi connectivity index (χ0) is 22.9. The van der Waals surface area contributed by atoms with E-state index >= 15 is 0 Å². The number of amides is 1. The smallest absolute Gasteiger partial charge is 0.313 e. The van der Waals surface area contributed by atoms with Gasteiger partial charge in [0.05, 0.1) is 20.1 Å². The van der Waals surface area contributed by atoms with Crippen molar-refractivity contribution in [3.63, 3.8) is 0 Å². The number of unbranched alkanes of at least 4 members (excludes halogenated alkanes) is 2. The number of benzene rings is 2. The first kappa shape index (κ1) is 23.6. The average Bonchev–Trinajstić information content (AvgIpc) is 3.27. The molecule has 1 amide bonds. The molecule has 0 bridgehead atoms. The molecule has 1 N–H and O–H groups in total. The fourth-order valence-corrected chi connectivity index (χ4v) is 4.23. The molecule has 1 aliphatic rings. The third-order valence-electron chi connectivity index (χ3n) is 6.08. The molecule has 0 heterocycles. The molecule has 0 aliphatic heterocycles. The van der Waals surface area contributed by atoms with Crippen LogP contribution in [0.15, 0.2) is 60.7 Å². The molecule has 5 heteroatoms. The van der Waals surface area contributed by atoms with Gasteiger partial charge in [0.15, 0.2) is 0 Å². The molecule has 2 aromatic rings. The fraction of sp³-hybridized carbons (Fsp3) is 0.407. The molecule has 1 aliphatic carbocycles. The Kier molecular flexibility index (Phi) is 8.48. The molecule has 0 radical (unpaired) electrons. The van der Waals surface area contributed by atoms with Crippen LogP contribution in [-0.4, -0.2) is 32.1 Å². The minimum atomic E-state index is -0.425. The summed E-state index contributed by atoms with van der Waals surface area (Å²) in [6, 6.07) is 15.2. The van der Waals surface area contributed by atoms with Gasteiger partial charge in [-0.25, -0.2) is 0 Å². The highest BCUT2D eigenvalue weighted by atomic mass is 16.5. The standard InChI is InChI=1S/C27H33NO4/c1-4-5-6-7-19-8-10-21(11-9-19)26(29)28-23-15-12-22(18-23)25(27(30)32-3)20-13-16-24(31-2)17-14-20/h8-17,22-23,25H,4-7,18H2,1-3H3,(H,28,29)/t22-,23+,25+/m0/s1. The van der Waals surface area contributed by atoms with Gasteiger partial charge >= 0.3 is 5.97 Å². The number of aryl methyl sites for hydroxylation is 1. The van der Waals surface area contributed by atoms with Crippen molar-refractivity contribution in [1.82, 2.24) is 5.32 Å². The van der Waals surface area contributed by atoms with E-state index in [4.69, 9.17) is 9.47 Å². The number of ether oxygens (including phenoxy) is 2. The van der Waals surface area contributed by atoms with Gasteiger partial charge in [0, 0.05) is 11.6 Å². The van der Waals surface area contributed by atoms with Crippen molar-refractivity contribution >= 4 is 11.9 Å². The highest BCUT2D eigenvalue weighted by Gasteiger charge is 2.34. The summed E-state index contributed by atoms with van der Waals surface area (Å²) in [6.45, 7) is 2.19. The van der Waals surface area contributed by atoms with E-state index in [0.29, 0.717) is 12.0 Å². The first-order valence-electron chi connectivity index (χ1n) is 11.4. The average molecular weight is 436 g/mol. The lowest BCUT2D eigenvalue weighted by Gasteiger charge is -2.22. The largest absolute Gasteiger partial charge is 0.497 e. The van der Waals surface area contributed by atoms with Crippen LogP contribution in [0.1, 0.15) is 60.0 Å². The minimum absolute atomic E-state index is 0.0536. The van der Waals surface area contributed by atoms with Gasteiger partial charge in [0.2, 0.25) is 0 Å². The van der Waals surface area contributed by atoms with Crippen LogP contribution in [0.5, 0.6) is 5.75 Å². The molecular weight excluding hydrogens is 402 g/mol. The fourth-order valence-electron chi connectivity index (χ4n) is 4.23. The highest BCUT2D eigenvalue weighted by molar-refractivity contribution is 5.94.